The highest BCUT2D eigenvalue weighted by Crippen LogP contribution is 2.25. The largest absolute Gasteiger partial charge is 0.458 e. The van der Waals surface area contributed by atoms with Crippen LogP contribution in [0, 0.1) is 23.7 Å². The lowest BCUT2D eigenvalue weighted by Gasteiger charge is -2.16. The normalized spacial score (nSPS) is 15.3. The van der Waals surface area contributed by atoms with Crippen LogP contribution in [0.2, 0.25) is 0 Å². The Balaban J connectivity index is 1.94. The standard InChI is InChI=1S/C24H44OS/c1-20(2)10-6-11-21(3)12-7-13-22(4)14-8-15-23(5)17-19-26-24-16-9-18-25-24/h9,16,18,20-23H,6-8,10-15,17,19H2,1-5H3. The van der Waals surface area contributed by atoms with E-state index in [9.17, 15) is 0 Å². The third-order valence-electron chi connectivity index (χ3n) is 5.62. The van der Waals surface area contributed by atoms with Gasteiger partial charge >= 0.3 is 0 Å². The van der Waals surface area contributed by atoms with Gasteiger partial charge in [-0.25, -0.2) is 0 Å². The van der Waals surface area contributed by atoms with Crippen LogP contribution in [-0.4, -0.2) is 5.75 Å². The Bertz CT molecular complexity index is 412. The Morgan fingerprint density at radius 2 is 1.23 bits per heavy atom. The van der Waals surface area contributed by atoms with Gasteiger partial charge in [-0.1, -0.05) is 104 Å². The van der Waals surface area contributed by atoms with E-state index >= 15 is 0 Å². The first-order valence-corrected chi connectivity index (χ1v) is 12.1. The second-order valence-electron chi connectivity index (χ2n) is 9.07. The predicted octanol–water partition coefficient (Wildman–Crippen LogP) is 8.84. The summed E-state index contributed by atoms with van der Waals surface area (Å²) in [6, 6.07) is 4.03. The third kappa shape index (κ3) is 12.9. The van der Waals surface area contributed by atoms with Gasteiger partial charge < -0.3 is 4.42 Å². The summed E-state index contributed by atoms with van der Waals surface area (Å²) in [4.78, 5) is 0. The lowest BCUT2D eigenvalue weighted by molar-refractivity contribution is 0.377. The summed E-state index contributed by atoms with van der Waals surface area (Å²) in [6.07, 6.45) is 15.8. The van der Waals surface area contributed by atoms with Crippen molar-refractivity contribution in [2.24, 2.45) is 23.7 Å². The molecule has 3 unspecified atom stereocenters. The SMILES string of the molecule is CC(C)CCCC(C)CCCC(C)CCCC(C)CCSc1ccco1. The molecule has 26 heavy (non-hydrogen) atoms. The van der Waals surface area contributed by atoms with Gasteiger partial charge in [-0.05, 0) is 42.2 Å². The van der Waals surface area contributed by atoms with E-state index in [1.54, 1.807) is 6.26 Å². The molecule has 152 valence electrons. The van der Waals surface area contributed by atoms with E-state index in [0.717, 1.165) is 28.8 Å². The molecule has 0 saturated heterocycles. The molecule has 1 rings (SSSR count). The lowest BCUT2D eigenvalue weighted by Crippen LogP contribution is -2.02. The van der Waals surface area contributed by atoms with Crippen molar-refractivity contribution in [2.45, 2.75) is 104 Å². The Hall–Kier alpha value is -0.370. The molecule has 1 aromatic rings. The van der Waals surface area contributed by atoms with E-state index in [4.69, 9.17) is 4.42 Å². The maximum absolute atomic E-state index is 5.38. The maximum atomic E-state index is 5.38. The van der Waals surface area contributed by atoms with Crippen molar-refractivity contribution in [1.82, 2.24) is 0 Å². The zero-order valence-electron chi connectivity index (χ0n) is 18.1. The topological polar surface area (TPSA) is 13.1 Å². The van der Waals surface area contributed by atoms with Gasteiger partial charge in [0.2, 0.25) is 0 Å². The predicted molar refractivity (Wildman–Crippen MR) is 118 cm³/mol. The van der Waals surface area contributed by atoms with E-state index in [2.05, 4.69) is 40.7 Å². The fraction of sp³-hybridized carbons (Fsp3) is 0.833. The van der Waals surface area contributed by atoms with Crippen LogP contribution in [0.3, 0.4) is 0 Å². The smallest absolute Gasteiger partial charge is 0.160 e. The van der Waals surface area contributed by atoms with E-state index in [1.165, 1.54) is 70.0 Å². The van der Waals surface area contributed by atoms with E-state index in [-0.39, 0.29) is 0 Å². The van der Waals surface area contributed by atoms with Crippen molar-refractivity contribution in [1.29, 1.82) is 0 Å². The Morgan fingerprint density at radius 3 is 1.69 bits per heavy atom. The van der Waals surface area contributed by atoms with Gasteiger partial charge in [-0.3, -0.25) is 0 Å². The molecule has 0 aliphatic rings. The Morgan fingerprint density at radius 1 is 0.731 bits per heavy atom. The van der Waals surface area contributed by atoms with Crippen LogP contribution in [0.15, 0.2) is 27.9 Å². The maximum Gasteiger partial charge on any atom is 0.160 e. The molecule has 0 amide bonds. The molecule has 0 spiro atoms. The molecule has 3 atom stereocenters. The molecule has 1 heterocycles. The van der Waals surface area contributed by atoms with Gasteiger partial charge in [-0.15, -0.1) is 0 Å². The molecular formula is C24H44OS. The molecule has 0 aliphatic heterocycles. The highest BCUT2D eigenvalue weighted by Gasteiger charge is 2.08. The summed E-state index contributed by atoms with van der Waals surface area (Å²) in [5, 5.41) is 1.06. The second-order valence-corrected chi connectivity index (χ2v) is 10.2. The average Bonchev–Trinajstić information content (AvgIpc) is 3.08. The van der Waals surface area contributed by atoms with E-state index in [0.29, 0.717) is 0 Å². The van der Waals surface area contributed by atoms with Crippen molar-refractivity contribution in [3.63, 3.8) is 0 Å². The zero-order valence-corrected chi connectivity index (χ0v) is 19.0. The minimum Gasteiger partial charge on any atom is -0.458 e. The molecule has 2 heteroatoms. The number of furan rings is 1. The number of hydrogen-bond donors (Lipinski definition) is 0. The van der Waals surface area contributed by atoms with E-state index < -0.39 is 0 Å². The highest BCUT2D eigenvalue weighted by molar-refractivity contribution is 7.99. The molecule has 0 aliphatic carbocycles. The fourth-order valence-corrected chi connectivity index (χ4v) is 4.66. The van der Waals surface area contributed by atoms with Crippen molar-refractivity contribution < 1.29 is 4.42 Å². The van der Waals surface area contributed by atoms with E-state index in [1.807, 2.05) is 17.8 Å². The van der Waals surface area contributed by atoms with Crippen molar-refractivity contribution in [3.8, 4) is 0 Å². The van der Waals surface area contributed by atoms with Crippen molar-refractivity contribution >= 4 is 11.8 Å². The first-order chi connectivity index (χ1) is 12.5. The molecule has 0 N–H and O–H groups in total. The van der Waals surface area contributed by atoms with Gasteiger partial charge in [0.15, 0.2) is 5.09 Å². The van der Waals surface area contributed by atoms with Gasteiger partial charge in [0, 0.05) is 5.75 Å². The monoisotopic (exact) mass is 380 g/mol. The summed E-state index contributed by atoms with van der Waals surface area (Å²) >= 11 is 1.85. The second kappa shape index (κ2) is 14.7. The Labute approximate surface area is 168 Å². The molecule has 1 nitrogen and oxygen atoms in total. The summed E-state index contributed by atoms with van der Waals surface area (Å²) in [6.45, 7) is 12.0. The number of hydrogen-bond acceptors (Lipinski definition) is 2. The van der Waals surface area contributed by atoms with Crippen molar-refractivity contribution in [3.05, 3.63) is 18.4 Å². The van der Waals surface area contributed by atoms with Crippen LogP contribution < -0.4 is 0 Å². The number of rotatable bonds is 16. The molecule has 0 saturated carbocycles. The summed E-state index contributed by atoms with van der Waals surface area (Å²) in [7, 11) is 0. The van der Waals surface area contributed by atoms with Crippen LogP contribution in [-0.2, 0) is 0 Å². The quantitative estimate of drug-likeness (QED) is 0.266. The molecule has 0 bridgehead atoms. The number of thioether (sulfide) groups is 1. The van der Waals surface area contributed by atoms with Crippen LogP contribution in [0.25, 0.3) is 0 Å². The molecule has 1 aromatic heterocycles. The van der Waals surface area contributed by atoms with Crippen LogP contribution in [0.1, 0.15) is 98.8 Å². The van der Waals surface area contributed by atoms with Crippen LogP contribution >= 0.6 is 11.8 Å². The lowest BCUT2D eigenvalue weighted by atomic mass is 9.91. The van der Waals surface area contributed by atoms with Crippen molar-refractivity contribution in [2.75, 3.05) is 5.75 Å². The van der Waals surface area contributed by atoms with Gasteiger partial charge in [-0.2, -0.15) is 0 Å². The average molecular weight is 381 g/mol. The first-order valence-electron chi connectivity index (χ1n) is 11.1. The summed E-state index contributed by atoms with van der Waals surface area (Å²) in [5.74, 6) is 4.72. The summed E-state index contributed by atoms with van der Waals surface area (Å²) < 4.78 is 5.38. The minimum atomic E-state index is 0.839. The summed E-state index contributed by atoms with van der Waals surface area (Å²) in [5.41, 5.74) is 0. The molecule has 0 radical (unpaired) electrons. The third-order valence-corrected chi connectivity index (χ3v) is 6.57. The highest BCUT2D eigenvalue weighted by atomic mass is 32.2. The van der Waals surface area contributed by atoms with Gasteiger partial charge in [0.05, 0.1) is 6.26 Å². The molecule has 0 fully saturated rings. The first kappa shape index (κ1) is 23.7. The van der Waals surface area contributed by atoms with Gasteiger partial charge in [0.1, 0.15) is 0 Å². The van der Waals surface area contributed by atoms with Crippen LogP contribution in [0.5, 0.6) is 0 Å². The van der Waals surface area contributed by atoms with Gasteiger partial charge in [0.25, 0.3) is 0 Å². The zero-order chi connectivity index (χ0) is 19.2. The molecular weight excluding hydrogens is 336 g/mol. The fourth-order valence-electron chi connectivity index (χ4n) is 3.64. The minimum absolute atomic E-state index is 0.839. The van der Waals surface area contributed by atoms with Crippen LogP contribution in [0.4, 0.5) is 0 Å². The Kier molecular flexibility index (Phi) is 13.3. The molecule has 0 aromatic carbocycles.